The lowest BCUT2D eigenvalue weighted by Crippen LogP contribution is -2.31. The van der Waals surface area contributed by atoms with Crippen LogP contribution in [0.3, 0.4) is 0 Å². The summed E-state index contributed by atoms with van der Waals surface area (Å²) in [6, 6.07) is 1.17. The summed E-state index contributed by atoms with van der Waals surface area (Å²) < 4.78 is 4.91. The first-order chi connectivity index (χ1) is 8.49. The van der Waals surface area contributed by atoms with Crippen LogP contribution in [-0.4, -0.2) is 40.9 Å². The molecule has 3 N–H and O–H groups in total. The monoisotopic (exact) mass is 252 g/mol. The molecular weight excluding hydrogens is 240 g/mol. The zero-order chi connectivity index (χ0) is 13.3. The van der Waals surface area contributed by atoms with E-state index in [-0.39, 0.29) is 23.8 Å². The summed E-state index contributed by atoms with van der Waals surface area (Å²) in [5.74, 6) is -2.41. The van der Waals surface area contributed by atoms with E-state index in [9.17, 15) is 14.4 Å². The Balaban J connectivity index is 2.08. The van der Waals surface area contributed by atoms with Crippen LogP contribution in [0.2, 0.25) is 0 Å². The molecular formula is C11H12N2O5. The van der Waals surface area contributed by atoms with E-state index in [2.05, 4.69) is 0 Å². The number of carbonyl (C=O) groups excluding carboxylic acids is 2. The number of nitrogens with two attached hydrogens (primary N) is 1. The van der Waals surface area contributed by atoms with E-state index in [1.807, 2.05) is 0 Å². The number of carbonyl (C=O) groups is 3. The van der Waals surface area contributed by atoms with Crippen LogP contribution >= 0.6 is 0 Å². The Bertz CT molecular complexity index is 507. The molecule has 0 bridgehead atoms. The van der Waals surface area contributed by atoms with Gasteiger partial charge in [-0.3, -0.25) is 9.59 Å². The normalized spacial score (nSPS) is 18.9. The van der Waals surface area contributed by atoms with E-state index < -0.39 is 17.8 Å². The molecule has 96 valence electrons. The quantitative estimate of drug-likeness (QED) is 0.781. The maximum Gasteiger partial charge on any atom is 0.338 e. The number of furan rings is 1. The Morgan fingerprint density at radius 1 is 1.44 bits per heavy atom. The van der Waals surface area contributed by atoms with Crippen molar-refractivity contribution in [3.63, 3.8) is 0 Å². The molecule has 7 heteroatoms. The van der Waals surface area contributed by atoms with Gasteiger partial charge >= 0.3 is 5.97 Å². The number of likely N-dealkylation sites (tertiary alicyclic amines) is 1. The van der Waals surface area contributed by atoms with Gasteiger partial charge in [0.2, 0.25) is 5.91 Å². The summed E-state index contributed by atoms with van der Waals surface area (Å²) in [5.41, 5.74) is 5.08. The molecule has 1 aliphatic rings. The molecule has 1 aliphatic heterocycles. The Morgan fingerprint density at radius 3 is 2.67 bits per heavy atom. The molecule has 1 fully saturated rings. The fraction of sp³-hybridized carbons (Fsp3) is 0.364. The van der Waals surface area contributed by atoms with Crippen molar-refractivity contribution in [1.82, 2.24) is 4.90 Å². The summed E-state index contributed by atoms with van der Waals surface area (Å²) in [6.45, 7) is 0.660. The number of rotatable bonds is 3. The summed E-state index contributed by atoms with van der Waals surface area (Å²) in [7, 11) is 0. The van der Waals surface area contributed by atoms with Gasteiger partial charge in [-0.25, -0.2) is 4.79 Å². The molecule has 2 heterocycles. The lowest BCUT2D eigenvalue weighted by Gasteiger charge is -2.13. The SMILES string of the molecule is NC(=O)C1CCN(C(=O)c2cc(C(=O)O)co2)C1. The third-order valence-corrected chi connectivity index (χ3v) is 2.94. The Labute approximate surface area is 102 Å². The molecule has 0 spiro atoms. The van der Waals surface area contributed by atoms with Gasteiger partial charge in [0.25, 0.3) is 5.91 Å². The van der Waals surface area contributed by atoms with Crippen LogP contribution in [0.5, 0.6) is 0 Å². The largest absolute Gasteiger partial charge is 0.478 e. The Kier molecular flexibility index (Phi) is 3.05. The van der Waals surface area contributed by atoms with Crippen molar-refractivity contribution in [1.29, 1.82) is 0 Å². The first kappa shape index (κ1) is 12.2. The highest BCUT2D eigenvalue weighted by Crippen LogP contribution is 2.19. The lowest BCUT2D eigenvalue weighted by atomic mass is 10.1. The van der Waals surface area contributed by atoms with Gasteiger partial charge in [0.05, 0.1) is 11.5 Å². The zero-order valence-corrected chi connectivity index (χ0v) is 9.46. The molecule has 7 nitrogen and oxygen atoms in total. The molecule has 1 atom stereocenters. The van der Waals surface area contributed by atoms with Crippen LogP contribution in [0.15, 0.2) is 16.7 Å². The molecule has 1 unspecified atom stereocenters. The van der Waals surface area contributed by atoms with Gasteiger partial charge in [0.1, 0.15) is 6.26 Å². The molecule has 1 saturated heterocycles. The van der Waals surface area contributed by atoms with Crippen LogP contribution in [-0.2, 0) is 4.79 Å². The first-order valence-corrected chi connectivity index (χ1v) is 5.39. The van der Waals surface area contributed by atoms with Crippen molar-refractivity contribution in [2.45, 2.75) is 6.42 Å². The Morgan fingerprint density at radius 2 is 2.17 bits per heavy atom. The first-order valence-electron chi connectivity index (χ1n) is 5.39. The predicted octanol–water partition coefficient (Wildman–Crippen LogP) is -0.0748. The fourth-order valence-corrected chi connectivity index (χ4v) is 1.89. The average molecular weight is 252 g/mol. The van der Waals surface area contributed by atoms with Gasteiger partial charge in [-0.15, -0.1) is 0 Å². The van der Waals surface area contributed by atoms with E-state index >= 15 is 0 Å². The number of carboxylic acids is 1. The third-order valence-electron chi connectivity index (χ3n) is 2.94. The number of carboxylic acid groups (broad SMARTS) is 1. The van der Waals surface area contributed by atoms with E-state index in [1.54, 1.807) is 0 Å². The Hall–Kier alpha value is -2.31. The second kappa shape index (κ2) is 4.52. The molecule has 18 heavy (non-hydrogen) atoms. The highest BCUT2D eigenvalue weighted by Gasteiger charge is 2.31. The van der Waals surface area contributed by atoms with Crippen LogP contribution in [0.1, 0.15) is 27.3 Å². The highest BCUT2D eigenvalue weighted by atomic mass is 16.4. The second-order valence-corrected chi connectivity index (χ2v) is 4.14. The molecule has 0 saturated carbocycles. The topological polar surface area (TPSA) is 114 Å². The molecule has 2 rings (SSSR count). The van der Waals surface area contributed by atoms with Crippen LogP contribution in [0.4, 0.5) is 0 Å². The van der Waals surface area contributed by atoms with Gasteiger partial charge in [0, 0.05) is 19.2 Å². The highest BCUT2D eigenvalue weighted by molar-refractivity contribution is 5.96. The minimum atomic E-state index is -1.16. The van der Waals surface area contributed by atoms with Gasteiger partial charge in [-0.1, -0.05) is 0 Å². The van der Waals surface area contributed by atoms with Crippen molar-refractivity contribution >= 4 is 17.8 Å². The number of hydrogen-bond acceptors (Lipinski definition) is 4. The minimum absolute atomic E-state index is 0.0440. The van der Waals surface area contributed by atoms with Gasteiger partial charge in [0.15, 0.2) is 5.76 Å². The average Bonchev–Trinajstić information content (AvgIpc) is 2.97. The summed E-state index contributed by atoms with van der Waals surface area (Å²) in [4.78, 5) is 35.0. The number of aromatic carboxylic acids is 1. The minimum Gasteiger partial charge on any atom is -0.478 e. The zero-order valence-electron chi connectivity index (χ0n) is 9.46. The van der Waals surface area contributed by atoms with Crippen LogP contribution in [0.25, 0.3) is 0 Å². The fourth-order valence-electron chi connectivity index (χ4n) is 1.89. The smallest absolute Gasteiger partial charge is 0.338 e. The molecule has 1 aromatic rings. The molecule has 0 aromatic carbocycles. The molecule has 0 aliphatic carbocycles. The maximum absolute atomic E-state index is 11.9. The van der Waals surface area contributed by atoms with Crippen molar-refractivity contribution in [3.05, 3.63) is 23.7 Å². The van der Waals surface area contributed by atoms with Crippen molar-refractivity contribution < 1.29 is 23.9 Å². The van der Waals surface area contributed by atoms with E-state index in [4.69, 9.17) is 15.3 Å². The number of nitrogens with zero attached hydrogens (tertiary/aromatic N) is 1. The van der Waals surface area contributed by atoms with Crippen LogP contribution < -0.4 is 5.73 Å². The van der Waals surface area contributed by atoms with E-state index in [0.29, 0.717) is 13.0 Å². The second-order valence-electron chi connectivity index (χ2n) is 4.14. The lowest BCUT2D eigenvalue weighted by molar-refractivity contribution is -0.121. The standard InChI is InChI=1S/C11H12N2O5/c12-9(14)6-1-2-13(4-6)10(15)8-3-7(5-18-8)11(16)17/h3,5-6H,1-2,4H2,(H2,12,14)(H,16,17). The molecule has 1 aromatic heterocycles. The predicted molar refractivity (Wildman–Crippen MR) is 58.9 cm³/mol. The number of amides is 2. The van der Waals surface area contributed by atoms with Crippen LogP contribution in [0, 0.1) is 5.92 Å². The van der Waals surface area contributed by atoms with Crippen molar-refractivity contribution in [2.75, 3.05) is 13.1 Å². The van der Waals surface area contributed by atoms with Crippen molar-refractivity contribution in [2.24, 2.45) is 11.7 Å². The maximum atomic E-state index is 11.9. The van der Waals surface area contributed by atoms with Crippen molar-refractivity contribution in [3.8, 4) is 0 Å². The molecule has 2 amide bonds. The third kappa shape index (κ3) is 2.20. The summed E-state index contributed by atoms with van der Waals surface area (Å²) >= 11 is 0. The number of hydrogen-bond donors (Lipinski definition) is 2. The van der Waals surface area contributed by atoms with E-state index in [0.717, 1.165) is 6.26 Å². The van der Waals surface area contributed by atoms with Gasteiger partial charge < -0.3 is 20.2 Å². The molecule has 0 radical (unpaired) electrons. The summed E-state index contributed by atoms with van der Waals surface area (Å²) in [6.07, 6.45) is 1.53. The van der Waals surface area contributed by atoms with E-state index in [1.165, 1.54) is 11.0 Å². The number of primary amides is 1. The summed E-state index contributed by atoms with van der Waals surface area (Å²) in [5, 5.41) is 8.71. The van der Waals surface area contributed by atoms with Gasteiger partial charge in [-0.2, -0.15) is 0 Å². The van der Waals surface area contributed by atoms with Gasteiger partial charge in [-0.05, 0) is 6.42 Å².